The van der Waals surface area contributed by atoms with Crippen LogP contribution >= 0.6 is 0 Å². The summed E-state index contributed by atoms with van der Waals surface area (Å²) in [5, 5.41) is 5.16. The second-order valence-corrected chi connectivity index (χ2v) is 6.29. The van der Waals surface area contributed by atoms with Crippen LogP contribution in [0, 0.1) is 19.7 Å². The van der Waals surface area contributed by atoms with Crippen molar-refractivity contribution in [2.75, 3.05) is 10.6 Å². The molecule has 2 amide bonds. The molecular weight excluding hydrogens is 345 g/mol. The van der Waals surface area contributed by atoms with Crippen molar-refractivity contribution in [3.63, 3.8) is 0 Å². The minimum atomic E-state index is -0.575. The lowest BCUT2D eigenvalue weighted by molar-refractivity contribution is -0.114. The largest absolute Gasteiger partial charge is 0.326 e. The lowest BCUT2D eigenvalue weighted by atomic mass is 10.2. The maximum Gasteiger partial charge on any atom is 0.257 e. The first-order valence-electron chi connectivity index (χ1n) is 8.49. The van der Waals surface area contributed by atoms with Crippen LogP contribution in [0.2, 0.25) is 0 Å². The number of amides is 2. The highest BCUT2D eigenvalue weighted by molar-refractivity contribution is 6.06. The molecule has 0 radical (unpaired) electrons. The maximum atomic E-state index is 14.1. The molecule has 0 spiro atoms. The summed E-state index contributed by atoms with van der Waals surface area (Å²) in [5.41, 5.74) is 3.49. The maximum absolute atomic E-state index is 14.1. The third kappa shape index (κ3) is 3.89. The van der Waals surface area contributed by atoms with E-state index in [1.807, 2.05) is 48.7 Å². The molecule has 5 nitrogen and oxygen atoms in total. The smallest absolute Gasteiger partial charge is 0.257 e. The fraction of sp³-hybridized carbons (Fsp3) is 0.143. The summed E-state index contributed by atoms with van der Waals surface area (Å²) in [6.07, 6.45) is 0. The predicted molar refractivity (Wildman–Crippen MR) is 104 cm³/mol. The second kappa shape index (κ2) is 7.45. The summed E-state index contributed by atoms with van der Waals surface area (Å²) >= 11 is 0. The molecule has 0 aliphatic rings. The first-order valence-corrected chi connectivity index (χ1v) is 8.49. The van der Waals surface area contributed by atoms with E-state index in [9.17, 15) is 14.0 Å². The molecule has 1 heterocycles. The molecule has 0 atom stereocenters. The van der Waals surface area contributed by atoms with E-state index in [0.29, 0.717) is 11.3 Å². The van der Waals surface area contributed by atoms with Crippen molar-refractivity contribution in [2.45, 2.75) is 20.8 Å². The van der Waals surface area contributed by atoms with Gasteiger partial charge in [0.05, 0.1) is 11.3 Å². The van der Waals surface area contributed by atoms with E-state index < -0.39 is 11.7 Å². The summed E-state index contributed by atoms with van der Waals surface area (Å²) in [7, 11) is 0. The van der Waals surface area contributed by atoms with E-state index in [2.05, 4.69) is 10.6 Å². The Morgan fingerprint density at radius 1 is 0.963 bits per heavy atom. The van der Waals surface area contributed by atoms with Crippen molar-refractivity contribution in [1.82, 2.24) is 4.57 Å². The highest BCUT2D eigenvalue weighted by atomic mass is 19.1. The van der Waals surface area contributed by atoms with Crippen LogP contribution in [0.5, 0.6) is 0 Å². The average Bonchev–Trinajstić information content (AvgIpc) is 2.92. The molecule has 2 aromatic carbocycles. The van der Waals surface area contributed by atoms with Crippen molar-refractivity contribution in [2.24, 2.45) is 0 Å². The number of aromatic nitrogens is 1. The molecule has 0 saturated carbocycles. The molecule has 0 aliphatic carbocycles. The van der Waals surface area contributed by atoms with Gasteiger partial charge in [0.15, 0.2) is 0 Å². The number of nitrogens with one attached hydrogen (secondary N) is 2. The number of hydrogen-bond donors (Lipinski definition) is 2. The summed E-state index contributed by atoms with van der Waals surface area (Å²) in [4.78, 5) is 23.9. The molecule has 27 heavy (non-hydrogen) atoms. The molecule has 0 unspecified atom stereocenters. The first-order chi connectivity index (χ1) is 12.9. The molecule has 0 saturated heterocycles. The number of rotatable bonds is 4. The number of halogens is 1. The van der Waals surface area contributed by atoms with Gasteiger partial charge in [-0.05, 0) is 50.2 Å². The van der Waals surface area contributed by atoms with Crippen LogP contribution in [0.25, 0.3) is 5.69 Å². The Bertz CT molecular complexity index is 1010. The predicted octanol–water partition coefficient (Wildman–Crippen LogP) is 4.44. The van der Waals surface area contributed by atoms with E-state index in [1.165, 1.54) is 25.1 Å². The van der Waals surface area contributed by atoms with Crippen LogP contribution in [-0.2, 0) is 4.79 Å². The molecule has 0 fully saturated rings. The number of aryl methyl sites for hydroxylation is 1. The molecule has 138 valence electrons. The molecule has 1 aromatic heterocycles. The summed E-state index contributed by atoms with van der Waals surface area (Å²) < 4.78 is 16.1. The topological polar surface area (TPSA) is 63.1 Å². The molecule has 0 aliphatic heterocycles. The normalized spacial score (nSPS) is 10.5. The standard InChI is InChI=1S/C21H20FN3O2/c1-13-11-18(14(2)25(13)17-7-5-4-6-8-17)21(27)24-20-12-16(23-15(3)26)9-10-19(20)22/h4-12H,1-3H3,(H,23,26)(H,24,27). The van der Waals surface area contributed by atoms with Gasteiger partial charge in [-0.15, -0.1) is 0 Å². The minimum Gasteiger partial charge on any atom is -0.326 e. The van der Waals surface area contributed by atoms with Crippen molar-refractivity contribution in [3.05, 3.63) is 77.4 Å². The van der Waals surface area contributed by atoms with Gasteiger partial charge < -0.3 is 15.2 Å². The van der Waals surface area contributed by atoms with E-state index in [4.69, 9.17) is 0 Å². The van der Waals surface area contributed by atoms with Crippen LogP contribution in [0.15, 0.2) is 54.6 Å². The van der Waals surface area contributed by atoms with Gasteiger partial charge in [0.25, 0.3) is 5.91 Å². The van der Waals surface area contributed by atoms with E-state index >= 15 is 0 Å². The molecule has 3 aromatic rings. The monoisotopic (exact) mass is 365 g/mol. The van der Waals surface area contributed by atoms with Gasteiger partial charge in [-0.25, -0.2) is 4.39 Å². The first kappa shape index (κ1) is 18.4. The number of nitrogens with zero attached hydrogens (tertiary/aromatic N) is 1. The average molecular weight is 365 g/mol. The molecule has 6 heteroatoms. The van der Waals surface area contributed by atoms with Gasteiger partial charge in [0, 0.05) is 29.7 Å². The third-order valence-corrected chi connectivity index (χ3v) is 4.23. The number of hydrogen-bond acceptors (Lipinski definition) is 2. The van der Waals surface area contributed by atoms with Gasteiger partial charge in [-0.2, -0.15) is 0 Å². The molecule has 2 N–H and O–H groups in total. The van der Waals surface area contributed by atoms with Gasteiger partial charge in [0.2, 0.25) is 5.91 Å². The Balaban J connectivity index is 1.91. The SMILES string of the molecule is CC(=O)Nc1ccc(F)c(NC(=O)c2cc(C)n(-c3ccccc3)c2C)c1. The zero-order valence-corrected chi connectivity index (χ0v) is 15.3. The number of carbonyl (C=O) groups is 2. The van der Waals surface area contributed by atoms with Crippen molar-refractivity contribution < 1.29 is 14.0 Å². The third-order valence-electron chi connectivity index (χ3n) is 4.23. The molecule has 3 rings (SSSR count). The van der Waals surface area contributed by atoms with E-state index in [1.54, 1.807) is 6.07 Å². The zero-order chi connectivity index (χ0) is 19.6. The fourth-order valence-corrected chi connectivity index (χ4v) is 3.06. The fourth-order valence-electron chi connectivity index (χ4n) is 3.06. The van der Waals surface area contributed by atoms with Gasteiger partial charge in [-0.3, -0.25) is 9.59 Å². The zero-order valence-electron chi connectivity index (χ0n) is 15.3. The van der Waals surface area contributed by atoms with Gasteiger partial charge in [-0.1, -0.05) is 18.2 Å². The minimum absolute atomic E-state index is 0.00997. The van der Waals surface area contributed by atoms with Crippen LogP contribution in [0.3, 0.4) is 0 Å². The Morgan fingerprint density at radius 3 is 2.33 bits per heavy atom. The lowest BCUT2D eigenvalue weighted by Crippen LogP contribution is -2.15. The lowest BCUT2D eigenvalue weighted by Gasteiger charge is -2.11. The van der Waals surface area contributed by atoms with Crippen LogP contribution in [0.1, 0.15) is 28.7 Å². The van der Waals surface area contributed by atoms with Crippen LogP contribution in [-0.4, -0.2) is 16.4 Å². The van der Waals surface area contributed by atoms with Gasteiger partial charge in [0.1, 0.15) is 5.82 Å². The Labute approximate surface area is 156 Å². The number of carbonyl (C=O) groups excluding carboxylic acids is 2. The quantitative estimate of drug-likeness (QED) is 0.718. The van der Waals surface area contributed by atoms with E-state index in [0.717, 1.165) is 17.1 Å². The summed E-state index contributed by atoms with van der Waals surface area (Å²) in [5.74, 6) is -1.26. The molecular formula is C21H20FN3O2. The van der Waals surface area contributed by atoms with Crippen molar-refractivity contribution in [3.8, 4) is 5.69 Å². The Hall–Kier alpha value is -3.41. The second-order valence-electron chi connectivity index (χ2n) is 6.29. The summed E-state index contributed by atoms with van der Waals surface area (Å²) in [6.45, 7) is 5.12. The molecule has 0 bridgehead atoms. The number of anilines is 2. The Morgan fingerprint density at radius 2 is 1.67 bits per heavy atom. The number of benzene rings is 2. The van der Waals surface area contributed by atoms with Crippen LogP contribution in [0.4, 0.5) is 15.8 Å². The van der Waals surface area contributed by atoms with E-state index in [-0.39, 0.29) is 11.6 Å². The van der Waals surface area contributed by atoms with Crippen LogP contribution < -0.4 is 10.6 Å². The highest BCUT2D eigenvalue weighted by Gasteiger charge is 2.18. The Kier molecular flexibility index (Phi) is 5.07. The summed E-state index contributed by atoms with van der Waals surface area (Å²) in [6, 6.07) is 15.5. The van der Waals surface area contributed by atoms with Crippen molar-refractivity contribution >= 4 is 23.2 Å². The highest BCUT2D eigenvalue weighted by Crippen LogP contribution is 2.24. The number of para-hydroxylation sites is 1. The van der Waals surface area contributed by atoms with Gasteiger partial charge >= 0.3 is 0 Å². The van der Waals surface area contributed by atoms with Crippen molar-refractivity contribution in [1.29, 1.82) is 0 Å².